The van der Waals surface area contributed by atoms with Gasteiger partial charge in [-0.1, -0.05) is 47.5 Å². The van der Waals surface area contributed by atoms with Gasteiger partial charge in [0.05, 0.1) is 5.92 Å². The summed E-state index contributed by atoms with van der Waals surface area (Å²) in [6.07, 6.45) is 0.0969. The first-order chi connectivity index (χ1) is 13.8. The van der Waals surface area contributed by atoms with Crippen molar-refractivity contribution in [1.82, 2.24) is 4.90 Å². The molecule has 7 heteroatoms. The molecule has 29 heavy (non-hydrogen) atoms. The van der Waals surface area contributed by atoms with Gasteiger partial charge in [0.2, 0.25) is 5.91 Å². The number of hydrogen-bond acceptors (Lipinski definition) is 4. The molecule has 0 unspecified atom stereocenters. The van der Waals surface area contributed by atoms with Crippen LogP contribution < -0.4 is 5.32 Å². The summed E-state index contributed by atoms with van der Waals surface area (Å²) in [6.45, 7) is 4.13. The fraction of sp³-hybridized carbons (Fsp3) is 0.318. The monoisotopic (exact) mass is 414 g/mol. The number of hydrogen-bond donors (Lipinski definition) is 1. The predicted molar refractivity (Wildman–Crippen MR) is 110 cm³/mol. The van der Waals surface area contributed by atoms with Gasteiger partial charge < -0.3 is 15.0 Å². The summed E-state index contributed by atoms with van der Waals surface area (Å²) >= 11 is 6.03. The van der Waals surface area contributed by atoms with E-state index in [1.807, 2.05) is 31.2 Å². The van der Waals surface area contributed by atoms with Crippen molar-refractivity contribution < 1.29 is 19.1 Å². The fourth-order valence-corrected chi connectivity index (χ4v) is 3.35. The number of carbonyl (C=O) groups excluding carboxylic acids is 3. The van der Waals surface area contributed by atoms with Gasteiger partial charge in [0, 0.05) is 30.2 Å². The lowest BCUT2D eigenvalue weighted by molar-refractivity contribution is -0.151. The van der Waals surface area contributed by atoms with E-state index in [4.69, 9.17) is 16.3 Å². The zero-order valence-corrected chi connectivity index (χ0v) is 17.2. The Hall–Kier alpha value is -2.86. The van der Waals surface area contributed by atoms with Crippen LogP contribution in [0.15, 0.2) is 42.5 Å². The van der Waals surface area contributed by atoms with Gasteiger partial charge >= 0.3 is 5.97 Å². The van der Waals surface area contributed by atoms with E-state index >= 15 is 0 Å². The highest BCUT2D eigenvalue weighted by atomic mass is 35.5. The molecule has 2 aromatic carbocycles. The normalized spacial score (nSPS) is 16.0. The SMILES string of the molecule is Cc1ccc(CN2C[C@H](C(=O)OCC(=O)Nc3cccc(Cl)c3C)CC2=O)cc1. The number of likely N-dealkylation sites (tertiary alicyclic amines) is 1. The number of nitrogens with zero attached hydrogens (tertiary/aromatic N) is 1. The molecule has 1 saturated heterocycles. The number of amides is 2. The molecule has 0 spiro atoms. The maximum absolute atomic E-state index is 12.3. The summed E-state index contributed by atoms with van der Waals surface area (Å²) in [5.74, 6) is -1.65. The Morgan fingerprint density at radius 2 is 1.90 bits per heavy atom. The van der Waals surface area contributed by atoms with Crippen LogP contribution in [0.25, 0.3) is 0 Å². The standard InChI is InChI=1S/C22H23ClN2O4/c1-14-6-8-16(9-7-14)11-25-12-17(10-21(25)27)22(28)29-13-20(26)24-19-5-3-4-18(23)15(19)2/h3-9,17H,10-13H2,1-2H3,(H,24,26)/t17-/m1/s1. The van der Waals surface area contributed by atoms with Gasteiger partial charge in [-0.3, -0.25) is 14.4 Å². The second-order valence-corrected chi connectivity index (χ2v) is 7.64. The molecule has 0 aromatic heterocycles. The molecule has 6 nitrogen and oxygen atoms in total. The molecule has 1 heterocycles. The zero-order valence-electron chi connectivity index (χ0n) is 16.4. The molecular weight excluding hydrogens is 392 g/mol. The largest absolute Gasteiger partial charge is 0.455 e. The van der Waals surface area contributed by atoms with E-state index in [2.05, 4.69) is 5.32 Å². The van der Waals surface area contributed by atoms with Gasteiger partial charge in [0.15, 0.2) is 6.61 Å². The number of nitrogens with one attached hydrogen (secondary N) is 1. The minimum atomic E-state index is -0.561. The number of halogens is 1. The molecule has 0 radical (unpaired) electrons. The van der Waals surface area contributed by atoms with Crippen LogP contribution in [0.3, 0.4) is 0 Å². The summed E-state index contributed by atoms with van der Waals surface area (Å²) in [7, 11) is 0. The maximum Gasteiger partial charge on any atom is 0.311 e. The first-order valence-corrected chi connectivity index (χ1v) is 9.76. The number of esters is 1. The molecule has 152 valence electrons. The van der Waals surface area contributed by atoms with Crippen molar-refractivity contribution in [2.24, 2.45) is 5.92 Å². The smallest absolute Gasteiger partial charge is 0.311 e. The van der Waals surface area contributed by atoms with Crippen LogP contribution in [0.5, 0.6) is 0 Å². The third-order valence-electron chi connectivity index (χ3n) is 4.93. The van der Waals surface area contributed by atoms with E-state index in [1.54, 1.807) is 30.0 Å². The number of rotatable bonds is 6. The molecule has 0 saturated carbocycles. The Bertz CT molecular complexity index is 927. The minimum Gasteiger partial charge on any atom is -0.455 e. The maximum atomic E-state index is 12.3. The van der Waals surface area contributed by atoms with E-state index < -0.39 is 24.4 Å². The number of anilines is 1. The van der Waals surface area contributed by atoms with Gasteiger partial charge in [-0.05, 0) is 37.1 Å². The average Bonchev–Trinajstić information content (AvgIpc) is 3.06. The molecular formula is C22H23ClN2O4. The number of carbonyl (C=O) groups is 3. The van der Waals surface area contributed by atoms with E-state index in [0.29, 0.717) is 23.8 Å². The molecule has 1 aliphatic heterocycles. The summed E-state index contributed by atoms with van der Waals surface area (Å²) < 4.78 is 5.13. The van der Waals surface area contributed by atoms with Gasteiger partial charge in [-0.25, -0.2) is 0 Å². The molecule has 1 aliphatic rings. The summed E-state index contributed by atoms with van der Waals surface area (Å²) in [6, 6.07) is 13.1. The van der Waals surface area contributed by atoms with E-state index in [1.165, 1.54) is 0 Å². The van der Waals surface area contributed by atoms with Crippen LogP contribution in [0.1, 0.15) is 23.1 Å². The van der Waals surface area contributed by atoms with Crippen molar-refractivity contribution in [3.8, 4) is 0 Å². The van der Waals surface area contributed by atoms with Gasteiger partial charge in [-0.2, -0.15) is 0 Å². The van der Waals surface area contributed by atoms with Gasteiger partial charge in [0.25, 0.3) is 5.91 Å². The molecule has 2 aromatic rings. The van der Waals surface area contributed by atoms with Crippen LogP contribution in [0, 0.1) is 19.8 Å². The molecule has 1 fully saturated rings. The predicted octanol–water partition coefficient (Wildman–Crippen LogP) is 3.49. The first kappa shape index (κ1) is 20.9. The third kappa shape index (κ3) is 5.35. The molecule has 1 atom stereocenters. The van der Waals surface area contributed by atoms with Crippen molar-refractivity contribution in [1.29, 1.82) is 0 Å². The molecule has 3 rings (SSSR count). The van der Waals surface area contributed by atoms with Crippen LogP contribution in [0.4, 0.5) is 5.69 Å². The van der Waals surface area contributed by atoms with E-state index in [0.717, 1.165) is 16.7 Å². The Balaban J connectivity index is 1.49. The molecule has 1 N–H and O–H groups in total. The van der Waals surface area contributed by atoms with Crippen molar-refractivity contribution in [3.63, 3.8) is 0 Å². The van der Waals surface area contributed by atoms with Crippen molar-refractivity contribution >= 4 is 35.1 Å². The Morgan fingerprint density at radius 1 is 1.17 bits per heavy atom. The lowest BCUT2D eigenvalue weighted by atomic mass is 10.1. The van der Waals surface area contributed by atoms with E-state index in [-0.39, 0.29) is 12.3 Å². The Morgan fingerprint density at radius 3 is 2.62 bits per heavy atom. The summed E-state index contributed by atoms with van der Waals surface area (Å²) in [5.41, 5.74) is 3.46. The fourth-order valence-electron chi connectivity index (χ4n) is 3.18. The quantitative estimate of drug-likeness (QED) is 0.734. The Labute approximate surface area is 174 Å². The lowest BCUT2D eigenvalue weighted by Gasteiger charge is -2.16. The number of ether oxygens (including phenoxy) is 1. The molecule has 2 amide bonds. The highest BCUT2D eigenvalue weighted by molar-refractivity contribution is 6.31. The van der Waals surface area contributed by atoms with Crippen LogP contribution >= 0.6 is 11.6 Å². The van der Waals surface area contributed by atoms with Crippen molar-refractivity contribution in [2.45, 2.75) is 26.8 Å². The topological polar surface area (TPSA) is 75.7 Å². The summed E-state index contributed by atoms with van der Waals surface area (Å²) in [5, 5.41) is 3.21. The highest BCUT2D eigenvalue weighted by Gasteiger charge is 2.35. The van der Waals surface area contributed by atoms with Crippen LogP contribution in [0.2, 0.25) is 5.02 Å². The second-order valence-electron chi connectivity index (χ2n) is 7.23. The average molecular weight is 415 g/mol. The molecule has 0 bridgehead atoms. The number of aryl methyl sites for hydroxylation is 1. The molecule has 0 aliphatic carbocycles. The third-order valence-corrected chi connectivity index (χ3v) is 5.34. The zero-order chi connectivity index (χ0) is 21.0. The Kier molecular flexibility index (Phi) is 6.54. The van der Waals surface area contributed by atoms with Crippen molar-refractivity contribution in [3.05, 3.63) is 64.2 Å². The van der Waals surface area contributed by atoms with E-state index in [9.17, 15) is 14.4 Å². The minimum absolute atomic E-state index is 0.0912. The number of benzene rings is 2. The van der Waals surface area contributed by atoms with Crippen LogP contribution in [-0.2, 0) is 25.7 Å². The van der Waals surface area contributed by atoms with Crippen molar-refractivity contribution in [2.75, 3.05) is 18.5 Å². The summed E-state index contributed by atoms with van der Waals surface area (Å²) in [4.78, 5) is 38.3. The van der Waals surface area contributed by atoms with Crippen LogP contribution in [-0.4, -0.2) is 35.8 Å². The lowest BCUT2D eigenvalue weighted by Crippen LogP contribution is -2.28. The van der Waals surface area contributed by atoms with Gasteiger partial charge in [-0.15, -0.1) is 0 Å². The first-order valence-electron chi connectivity index (χ1n) is 9.38. The highest BCUT2D eigenvalue weighted by Crippen LogP contribution is 2.23. The van der Waals surface area contributed by atoms with Gasteiger partial charge in [0.1, 0.15) is 0 Å². The second kappa shape index (κ2) is 9.09.